The number of nitro benzene ring substituents is 1. The van der Waals surface area contributed by atoms with Gasteiger partial charge in [-0.25, -0.2) is 0 Å². The summed E-state index contributed by atoms with van der Waals surface area (Å²) < 4.78 is 0. The molecule has 0 saturated carbocycles. The van der Waals surface area contributed by atoms with Gasteiger partial charge in [0.25, 0.3) is 11.6 Å². The molecule has 0 unspecified atom stereocenters. The van der Waals surface area contributed by atoms with Crippen LogP contribution in [-0.4, -0.2) is 21.9 Å². The standard InChI is InChI=1S/C17H16N2O5/c1-2-12-6-7-13(10-15(12)19(23)24)17(22)18-14-5-3-4-11(8-14)9-16(20)21/h3-8,10H,2,9H2,1H3,(H,18,22)(H,20,21). The smallest absolute Gasteiger partial charge is 0.307 e. The van der Waals surface area contributed by atoms with Crippen LogP contribution in [0.2, 0.25) is 0 Å². The Balaban J connectivity index is 2.22. The molecule has 7 nitrogen and oxygen atoms in total. The quantitative estimate of drug-likeness (QED) is 0.625. The number of benzene rings is 2. The first-order valence-corrected chi connectivity index (χ1v) is 7.30. The molecule has 2 N–H and O–H groups in total. The Morgan fingerprint density at radius 2 is 1.96 bits per heavy atom. The zero-order valence-corrected chi connectivity index (χ0v) is 13.0. The van der Waals surface area contributed by atoms with Gasteiger partial charge in [-0.3, -0.25) is 19.7 Å². The summed E-state index contributed by atoms with van der Waals surface area (Å²) in [7, 11) is 0. The molecular formula is C17H16N2O5. The zero-order valence-electron chi connectivity index (χ0n) is 13.0. The third-order valence-corrected chi connectivity index (χ3v) is 3.47. The maximum absolute atomic E-state index is 12.3. The predicted molar refractivity (Wildman–Crippen MR) is 88.2 cm³/mol. The number of hydrogen-bond acceptors (Lipinski definition) is 4. The normalized spacial score (nSPS) is 10.2. The second-order valence-corrected chi connectivity index (χ2v) is 5.18. The van der Waals surface area contributed by atoms with E-state index in [9.17, 15) is 19.7 Å². The Labute approximate surface area is 138 Å². The van der Waals surface area contributed by atoms with E-state index in [1.54, 1.807) is 37.3 Å². The Hall–Kier alpha value is -3.22. The van der Waals surface area contributed by atoms with Crippen LogP contribution in [0.4, 0.5) is 11.4 Å². The SMILES string of the molecule is CCc1ccc(C(=O)Nc2cccc(CC(=O)O)c2)cc1[N+](=O)[O-]. The van der Waals surface area contributed by atoms with Crippen LogP contribution in [0.1, 0.15) is 28.4 Å². The Kier molecular flexibility index (Phi) is 5.26. The van der Waals surface area contributed by atoms with Crippen LogP contribution in [0.25, 0.3) is 0 Å². The topological polar surface area (TPSA) is 110 Å². The summed E-state index contributed by atoms with van der Waals surface area (Å²) >= 11 is 0. The van der Waals surface area contributed by atoms with Crippen molar-refractivity contribution < 1.29 is 19.6 Å². The Morgan fingerprint density at radius 3 is 2.58 bits per heavy atom. The monoisotopic (exact) mass is 328 g/mol. The largest absolute Gasteiger partial charge is 0.481 e. The summed E-state index contributed by atoms with van der Waals surface area (Å²) in [6, 6.07) is 10.8. The minimum Gasteiger partial charge on any atom is -0.481 e. The second-order valence-electron chi connectivity index (χ2n) is 5.18. The number of carbonyl (C=O) groups is 2. The van der Waals surface area contributed by atoms with E-state index in [0.717, 1.165) is 0 Å². The minimum atomic E-state index is -0.968. The number of carbonyl (C=O) groups excluding carboxylic acids is 1. The Morgan fingerprint density at radius 1 is 1.21 bits per heavy atom. The number of rotatable bonds is 6. The second kappa shape index (κ2) is 7.36. The number of amides is 1. The maximum Gasteiger partial charge on any atom is 0.307 e. The van der Waals surface area contributed by atoms with Gasteiger partial charge in [-0.15, -0.1) is 0 Å². The van der Waals surface area contributed by atoms with E-state index >= 15 is 0 Å². The van der Waals surface area contributed by atoms with Crippen LogP contribution in [0.3, 0.4) is 0 Å². The highest BCUT2D eigenvalue weighted by molar-refractivity contribution is 6.04. The van der Waals surface area contributed by atoms with Crippen molar-refractivity contribution in [3.8, 4) is 0 Å². The highest BCUT2D eigenvalue weighted by Crippen LogP contribution is 2.22. The molecule has 0 aliphatic carbocycles. The molecule has 0 aromatic heterocycles. The third kappa shape index (κ3) is 4.16. The summed E-state index contributed by atoms with van der Waals surface area (Å²) in [6.07, 6.45) is 0.343. The lowest BCUT2D eigenvalue weighted by Gasteiger charge is -2.08. The van der Waals surface area contributed by atoms with Crippen LogP contribution >= 0.6 is 0 Å². The fourth-order valence-electron chi connectivity index (χ4n) is 2.31. The van der Waals surface area contributed by atoms with Gasteiger partial charge < -0.3 is 10.4 Å². The first-order valence-electron chi connectivity index (χ1n) is 7.30. The van der Waals surface area contributed by atoms with Crippen molar-refractivity contribution in [1.82, 2.24) is 0 Å². The molecule has 0 atom stereocenters. The molecule has 2 aromatic rings. The van der Waals surface area contributed by atoms with E-state index in [0.29, 0.717) is 23.2 Å². The zero-order chi connectivity index (χ0) is 17.7. The minimum absolute atomic E-state index is 0.0928. The first-order chi connectivity index (χ1) is 11.4. The molecule has 0 heterocycles. The van der Waals surface area contributed by atoms with Crippen molar-refractivity contribution in [2.24, 2.45) is 0 Å². The van der Waals surface area contributed by atoms with Gasteiger partial charge in [0.05, 0.1) is 11.3 Å². The fourth-order valence-corrected chi connectivity index (χ4v) is 2.31. The molecule has 0 aliphatic rings. The number of carboxylic acid groups (broad SMARTS) is 1. The van der Waals surface area contributed by atoms with Gasteiger partial charge in [-0.05, 0) is 30.2 Å². The fraction of sp³-hybridized carbons (Fsp3) is 0.176. The van der Waals surface area contributed by atoms with Crippen LogP contribution < -0.4 is 5.32 Å². The Bertz CT molecular complexity index is 801. The van der Waals surface area contributed by atoms with Crippen LogP contribution in [0.15, 0.2) is 42.5 Å². The number of nitrogens with one attached hydrogen (secondary N) is 1. The molecule has 2 aromatic carbocycles. The van der Waals surface area contributed by atoms with Crippen LogP contribution in [0.5, 0.6) is 0 Å². The van der Waals surface area contributed by atoms with Gasteiger partial charge in [0.15, 0.2) is 0 Å². The van der Waals surface area contributed by atoms with E-state index in [4.69, 9.17) is 5.11 Å². The number of nitrogens with zero attached hydrogens (tertiary/aromatic N) is 1. The lowest BCUT2D eigenvalue weighted by molar-refractivity contribution is -0.385. The van der Waals surface area contributed by atoms with E-state index in [1.165, 1.54) is 12.1 Å². The molecule has 0 saturated heterocycles. The molecule has 0 radical (unpaired) electrons. The number of aliphatic carboxylic acids is 1. The van der Waals surface area contributed by atoms with E-state index in [2.05, 4.69) is 5.32 Å². The number of carboxylic acids is 1. The molecular weight excluding hydrogens is 312 g/mol. The van der Waals surface area contributed by atoms with Gasteiger partial charge >= 0.3 is 5.97 Å². The van der Waals surface area contributed by atoms with Crippen molar-refractivity contribution in [2.45, 2.75) is 19.8 Å². The van der Waals surface area contributed by atoms with Crippen LogP contribution in [-0.2, 0) is 17.6 Å². The molecule has 24 heavy (non-hydrogen) atoms. The summed E-state index contributed by atoms with van der Waals surface area (Å²) in [5.41, 5.74) is 1.61. The average molecular weight is 328 g/mol. The van der Waals surface area contributed by atoms with Crippen molar-refractivity contribution in [3.63, 3.8) is 0 Å². The maximum atomic E-state index is 12.3. The van der Waals surface area contributed by atoms with Crippen molar-refractivity contribution >= 4 is 23.3 Å². The third-order valence-electron chi connectivity index (χ3n) is 3.47. The molecule has 124 valence electrons. The van der Waals surface area contributed by atoms with Crippen molar-refractivity contribution in [3.05, 3.63) is 69.3 Å². The average Bonchev–Trinajstić information content (AvgIpc) is 2.53. The van der Waals surface area contributed by atoms with Gasteiger partial charge in [0, 0.05) is 22.9 Å². The summed E-state index contributed by atoms with van der Waals surface area (Å²) in [5, 5.41) is 22.5. The lowest BCUT2D eigenvalue weighted by atomic mass is 10.1. The van der Waals surface area contributed by atoms with Gasteiger partial charge in [-0.2, -0.15) is 0 Å². The molecule has 0 bridgehead atoms. The highest BCUT2D eigenvalue weighted by Gasteiger charge is 2.16. The lowest BCUT2D eigenvalue weighted by Crippen LogP contribution is -2.13. The predicted octanol–water partition coefficient (Wildman–Crippen LogP) is 3.04. The van der Waals surface area contributed by atoms with Gasteiger partial charge in [-0.1, -0.05) is 25.1 Å². The molecule has 7 heteroatoms. The number of aryl methyl sites for hydroxylation is 1. The molecule has 1 amide bonds. The van der Waals surface area contributed by atoms with Crippen LogP contribution in [0, 0.1) is 10.1 Å². The highest BCUT2D eigenvalue weighted by atomic mass is 16.6. The number of nitro groups is 1. The van der Waals surface area contributed by atoms with E-state index in [1.807, 2.05) is 0 Å². The van der Waals surface area contributed by atoms with E-state index in [-0.39, 0.29) is 17.7 Å². The summed E-state index contributed by atoms with van der Waals surface area (Å²) in [6.45, 7) is 1.80. The molecule has 2 rings (SSSR count). The number of anilines is 1. The van der Waals surface area contributed by atoms with E-state index < -0.39 is 16.8 Å². The van der Waals surface area contributed by atoms with Gasteiger partial charge in [0.1, 0.15) is 0 Å². The summed E-state index contributed by atoms with van der Waals surface area (Å²) in [5.74, 6) is -1.46. The van der Waals surface area contributed by atoms with Crippen molar-refractivity contribution in [1.29, 1.82) is 0 Å². The first kappa shape index (κ1) is 17.1. The summed E-state index contributed by atoms with van der Waals surface area (Å²) in [4.78, 5) is 33.6. The molecule has 0 aliphatic heterocycles. The number of hydrogen-bond donors (Lipinski definition) is 2. The molecule has 0 spiro atoms. The van der Waals surface area contributed by atoms with Crippen molar-refractivity contribution in [2.75, 3.05) is 5.32 Å². The van der Waals surface area contributed by atoms with Gasteiger partial charge in [0.2, 0.25) is 0 Å². The molecule has 0 fully saturated rings.